The minimum Gasteiger partial charge on any atom is -0.354 e. The predicted molar refractivity (Wildman–Crippen MR) is 71.8 cm³/mol. The van der Waals surface area contributed by atoms with Crippen LogP contribution in [0, 0.1) is 0 Å². The number of hydrogen-bond acceptors (Lipinski definition) is 3. The first kappa shape index (κ1) is 13.0. The van der Waals surface area contributed by atoms with Gasteiger partial charge >= 0.3 is 0 Å². The quantitative estimate of drug-likeness (QED) is 0.821. The van der Waals surface area contributed by atoms with Crippen LogP contribution in [0.15, 0.2) is 29.2 Å². The standard InChI is InChI=1S/C13H16N2O2S/c1-18-11-5-3-10(4-6-11)13(17)15-8-2-7-14-12(16)9-15/h3-6H,2,7-9H2,1H3,(H,14,16). The number of carbonyl (C=O) groups excluding carboxylic acids is 2. The van der Waals surface area contributed by atoms with Gasteiger partial charge in [0.1, 0.15) is 0 Å². The van der Waals surface area contributed by atoms with Crippen molar-refractivity contribution in [2.24, 2.45) is 0 Å². The van der Waals surface area contributed by atoms with Gasteiger partial charge in [0.15, 0.2) is 0 Å². The summed E-state index contributed by atoms with van der Waals surface area (Å²) in [7, 11) is 0. The Labute approximate surface area is 111 Å². The van der Waals surface area contributed by atoms with Crippen LogP contribution in [0.2, 0.25) is 0 Å². The number of nitrogens with one attached hydrogen (secondary N) is 1. The zero-order valence-electron chi connectivity index (χ0n) is 10.3. The van der Waals surface area contributed by atoms with E-state index >= 15 is 0 Å². The molecule has 0 radical (unpaired) electrons. The Bertz CT molecular complexity index is 445. The lowest BCUT2D eigenvalue weighted by Gasteiger charge is -2.19. The van der Waals surface area contributed by atoms with Gasteiger partial charge in [-0.3, -0.25) is 9.59 Å². The fourth-order valence-corrected chi connectivity index (χ4v) is 2.30. The van der Waals surface area contributed by atoms with Crippen LogP contribution in [0.4, 0.5) is 0 Å². The van der Waals surface area contributed by atoms with Crippen molar-refractivity contribution in [1.82, 2.24) is 10.2 Å². The van der Waals surface area contributed by atoms with Crippen molar-refractivity contribution in [3.63, 3.8) is 0 Å². The van der Waals surface area contributed by atoms with E-state index in [-0.39, 0.29) is 18.4 Å². The number of rotatable bonds is 2. The molecule has 1 fully saturated rings. The molecule has 1 aliphatic heterocycles. The van der Waals surface area contributed by atoms with Crippen molar-refractivity contribution >= 4 is 23.6 Å². The highest BCUT2D eigenvalue weighted by atomic mass is 32.2. The molecule has 0 unspecified atom stereocenters. The molecule has 2 amide bonds. The number of benzene rings is 1. The second-order valence-electron chi connectivity index (χ2n) is 4.16. The third-order valence-corrected chi connectivity index (χ3v) is 3.63. The van der Waals surface area contributed by atoms with Crippen molar-refractivity contribution in [1.29, 1.82) is 0 Å². The van der Waals surface area contributed by atoms with Crippen LogP contribution in [-0.2, 0) is 4.79 Å². The normalized spacial score (nSPS) is 16.1. The second kappa shape index (κ2) is 5.91. The summed E-state index contributed by atoms with van der Waals surface area (Å²) in [6, 6.07) is 7.49. The van der Waals surface area contributed by atoms with Gasteiger partial charge in [0.25, 0.3) is 5.91 Å². The molecule has 0 bridgehead atoms. The molecular weight excluding hydrogens is 248 g/mol. The van der Waals surface area contributed by atoms with Crippen molar-refractivity contribution in [3.8, 4) is 0 Å². The largest absolute Gasteiger partial charge is 0.354 e. The first-order valence-electron chi connectivity index (χ1n) is 5.91. The molecule has 2 rings (SSSR count). The van der Waals surface area contributed by atoms with Gasteiger partial charge in [0, 0.05) is 23.5 Å². The average molecular weight is 264 g/mol. The third-order valence-electron chi connectivity index (χ3n) is 2.89. The van der Waals surface area contributed by atoms with Crippen molar-refractivity contribution in [2.45, 2.75) is 11.3 Å². The molecular formula is C13H16N2O2S. The molecule has 1 aromatic rings. The van der Waals surface area contributed by atoms with Crippen LogP contribution in [0.3, 0.4) is 0 Å². The van der Waals surface area contributed by atoms with Gasteiger partial charge < -0.3 is 10.2 Å². The lowest BCUT2D eigenvalue weighted by Crippen LogP contribution is -2.37. The van der Waals surface area contributed by atoms with E-state index in [0.717, 1.165) is 11.3 Å². The Balaban J connectivity index is 2.11. The molecule has 1 aliphatic rings. The Morgan fingerprint density at radius 3 is 2.72 bits per heavy atom. The van der Waals surface area contributed by atoms with Gasteiger partial charge in [-0.2, -0.15) is 0 Å². The molecule has 0 aromatic heterocycles. The Hall–Kier alpha value is -1.49. The molecule has 5 heteroatoms. The van der Waals surface area contributed by atoms with Crippen LogP contribution in [-0.4, -0.2) is 42.6 Å². The van der Waals surface area contributed by atoms with E-state index in [0.29, 0.717) is 18.7 Å². The Morgan fingerprint density at radius 1 is 1.33 bits per heavy atom. The highest BCUT2D eigenvalue weighted by molar-refractivity contribution is 7.98. The molecule has 0 spiro atoms. The summed E-state index contributed by atoms with van der Waals surface area (Å²) in [6.45, 7) is 1.43. The minimum atomic E-state index is -0.0819. The van der Waals surface area contributed by atoms with E-state index in [1.807, 2.05) is 30.5 Å². The van der Waals surface area contributed by atoms with Gasteiger partial charge in [0.2, 0.25) is 5.91 Å². The summed E-state index contributed by atoms with van der Waals surface area (Å²) in [6.07, 6.45) is 2.80. The first-order chi connectivity index (χ1) is 8.70. The van der Waals surface area contributed by atoms with Gasteiger partial charge in [-0.15, -0.1) is 11.8 Å². The maximum Gasteiger partial charge on any atom is 0.254 e. The lowest BCUT2D eigenvalue weighted by atomic mass is 10.2. The fourth-order valence-electron chi connectivity index (χ4n) is 1.90. The third kappa shape index (κ3) is 3.04. The van der Waals surface area contributed by atoms with E-state index in [1.54, 1.807) is 16.7 Å². The number of amides is 2. The van der Waals surface area contributed by atoms with E-state index in [2.05, 4.69) is 5.32 Å². The first-order valence-corrected chi connectivity index (χ1v) is 7.13. The van der Waals surface area contributed by atoms with E-state index < -0.39 is 0 Å². The van der Waals surface area contributed by atoms with Crippen molar-refractivity contribution in [3.05, 3.63) is 29.8 Å². The van der Waals surface area contributed by atoms with Crippen LogP contribution >= 0.6 is 11.8 Å². The van der Waals surface area contributed by atoms with E-state index in [4.69, 9.17) is 0 Å². The highest BCUT2D eigenvalue weighted by Gasteiger charge is 2.20. The molecule has 4 nitrogen and oxygen atoms in total. The van der Waals surface area contributed by atoms with Gasteiger partial charge in [-0.05, 0) is 36.9 Å². The molecule has 0 aliphatic carbocycles. The Morgan fingerprint density at radius 2 is 2.06 bits per heavy atom. The molecule has 1 N–H and O–H groups in total. The van der Waals surface area contributed by atoms with Crippen molar-refractivity contribution < 1.29 is 9.59 Å². The summed E-state index contributed by atoms with van der Waals surface area (Å²) in [5.74, 6) is -0.152. The summed E-state index contributed by atoms with van der Waals surface area (Å²) in [4.78, 5) is 26.4. The fraction of sp³-hybridized carbons (Fsp3) is 0.385. The topological polar surface area (TPSA) is 49.4 Å². The zero-order chi connectivity index (χ0) is 13.0. The molecule has 1 aromatic carbocycles. The van der Waals surface area contributed by atoms with Gasteiger partial charge in [0.05, 0.1) is 6.54 Å². The summed E-state index contributed by atoms with van der Waals surface area (Å²) in [5.41, 5.74) is 0.641. The molecule has 1 saturated heterocycles. The molecule has 18 heavy (non-hydrogen) atoms. The summed E-state index contributed by atoms with van der Waals surface area (Å²) < 4.78 is 0. The van der Waals surface area contributed by atoms with Crippen LogP contribution < -0.4 is 5.32 Å². The number of nitrogens with zero attached hydrogens (tertiary/aromatic N) is 1. The number of carbonyl (C=O) groups is 2. The molecule has 0 saturated carbocycles. The van der Waals surface area contributed by atoms with Crippen LogP contribution in [0.1, 0.15) is 16.8 Å². The van der Waals surface area contributed by atoms with Crippen LogP contribution in [0.25, 0.3) is 0 Å². The predicted octanol–water partition coefficient (Wildman–Crippen LogP) is 1.37. The molecule has 96 valence electrons. The van der Waals surface area contributed by atoms with Gasteiger partial charge in [-0.25, -0.2) is 0 Å². The molecule has 0 atom stereocenters. The maximum atomic E-state index is 12.2. The average Bonchev–Trinajstić information content (AvgIpc) is 2.63. The number of hydrogen-bond donors (Lipinski definition) is 1. The Kier molecular flexibility index (Phi) is 4.25. The lowest BCUT2D eigenvalue weighted by molar-refractivity contribution is -0.121. The van der Waals surface area contributed by atoms with Crippen molar-refractivity contribution in [2.75, 3.05) is 25.9 Å². The van der Waals surface area contributed by atoms with E-state index in [9.17, 15) is 9.59 Å². The summed E-state index contributed by atoms with van der Waals surface area (Å²) >= 11 is 1.64. The second-order valence-corrected chi connectivity index (χ2v) is 5.04. The molecule has 1 heterocycles. The van der Waals surface area contributed by atoms with Gasteiger partial charge in [-0.1, -0.05) is 0 Å². The zero-order valence-corrected chi connectivity index (χ0v) is 11.1. The van der Waals surface area contributed by atoms with E-state index in [1.165, 1.54) is 0 Å². The highest BCUT2D eigenvalue weighted by Crippen LogP contribution is 2.16. The maximum absolute atomic E-state index is 12.2. The van der Waals surface area contributed by atoms with Crippen LogP contribution in [0.5, 0.6) is 0 Å². The number of thioether (sulfide) groups is 1. The monoisotopic (exact) mass is 264 g/mol. The smallest absolute Gasteiger partial charge is 0.254 e. The summed E-state index contributed by atoms with van der Waals surface area (Å²) in [5, 5.41) is 2.76. The SMILES string of the molecule is CSc1ccc(C(=O)N2CCCNC(=O)C2)cc1. The minimum absolute atomic E-state index is 0.0697.